The molecule has 0 aliphatic rings. The first-order valence-electron chi connectivity index (χ1n) is 9.78. The highest BCUT2D eigenvalue weighted by molar-refractivity contribution is 6.10. The Balaban J connectivity index is 1.64. The van der Waals surface area contributed by atoms with Gasteiger partial charge < -0.3 is 11.1 Å². The maximum Gasteiger partial charge on any atom is 0.274 e. The smallest absolute Gasteiger partial charge is 0.274 e. The van der Waals surface area contributed by atoms with E-state index in [1.165, 1.54) is 6.07 Å². The van der Waals surface area contributed by atoms with Gasteiger partial charge in [-0.05, 0) is 38.1 Å². The third kappa shape index (κ3) is 3.89. The minimum atomic E-state index is -0.634. The molecule has 0 radical (unpaired) electrons. The molecular formula is C23H19N7O2. The summed E-state index contributed by atoms with van der Waals surface area (Å²) in [7, 11) is 0. The molecule has 4 aromatic rings. The fourth-order valence-electron chi connectivity index (χ4n) is 3.49. The first-order valence-corrected chi connectivity index (χ1v) is 9.78. The Morgan fingerprint density at radius 2 is 1.91 bits per heavy atom. The van der Waals surface area contributed by atoms with Crippen LogP contribution in [-0.2, 0) is 6.54 Å². The molecule has 0 fully saturated rings. The molecule has 0 bridgehead atoms. The number of para-hydroxylation sites is 1. The van der Waals surface area contributed by atoms with Gasteiger partial charge in [-0.1, -0.05) is 24.3 Å². The number of nitrogens with two attached hydrogens (primary N) is 1. The SMILES string of the molecule is Cc1nn(Cc2cccc(C#N)n2)c(C)c1NC(=O)c1cc(C(N)=O)c2ccccc2n1. The highest BCUT2D eigenvalue weighted by Gasteiger charge is 2.19. The van der Waals surface area contributed by atoms with Gasteiger partial charge in [0.2, 0.25) is 5.91 Å². The number of anilines is 1. The van der Waals surface area contributed by atoms with Gasteiger partial charge in [-0.3, -0.25) is 14.3 Å². The van der Waals surface area contributed by atoms with Crippen LogP contribution in [0.1, 0.15) is 43.6 Å². The van der Waals surface area contributed by atoms with E-state index in [0.717, 1.165) is 5.69 Å². The highest BCUT2D eigenvalue weighted by atomic mass is 16.2. The quantitative estimate of drug-likeness (QED) is 0.504. The minimum Gasteiger partial charge on any atom is -0.366 e. The van der Waals surface area contributed by atoms with Gasteiger partial charge in [0.25, 0.3) is 5.91 Å². The van der Waals surface area contributed by atoms with Crippen molar-refractivity contribution in [3.05, 3.63) is 82.6 Å². The average molecular weight is 425 g/mol. The number of carbonyl (C=O) groups is 2. The molecular weight excluding hydrogens is 406 g/mol. The number of pyridine rings is 2. The van der Waals surface area contributed by atoms with Crippen LogP contribution in [0.5, 0.6) is 0 Å². The van der Waals surface area contributed by atoms with Crippen LogP contribution in [-0.4, -0.2) is 31.6 Å². The van der Waals surface area contributed by atoms with Crippen molar-refractivity contribution in [1.82, 2.24) is 19.7 Å². The fraction of sp³-hybridized carbons (Fsp3) is 0.130. The Kier molecular flexibility index (Phi) is 5.35. The lowest BCUT2D eigenvalue weighted by molar-refractivity contribution is 0.100. The number of nitriles is 1. The van der Waals surface area contributed by atoms with Crippen LogP contribution >= 0.6 is 0 Å². The van der Waals surface area contributed by atoms with Gasteiger partial charge >= 0.3 is 0 Å². The summed E-state index contributed by atoms with van der Waals surface area (Å²) in [5.41, 5.74) is 9.19. The molecule has 9 heteroatoms. The zero-order valence-electron chi connectivity index (χ0n) is 17.5. The van der Waals surface area contributed by atoms with Crippen LogP contribution in [0.4, 0.5) is 5.69 Å². The molecule has 0 aliphatic carbocycles. The van der Waals surface area contributed by atoms with E-state index in [0.29, 0.717) is 40.2 Å². The van der Waals surface area contributed by atoms with Gasteiger partial charge in [0.1, 0.15) is 17.5 Å². The van der Waals surface area contributed by atoms with E-state index >= 15 is 0 Å². The van der Waals surface area contributed by atoms with Crippen molar-refractivity contribution < 1.29 is 9.59 Å². The molecule has 0 saturated carbocycles. The number of benzene rings is 1. The summed E-state index contributed by atoms with van der Waals surface area (Å²) in [6.07, 6.45) is 0. The largest absolute Gasteiger partial charge is 0.366 e. The number of nitrogens with zero attached hydrogens (tertiary/aromatic N) is 5. The first kappa shape index (κ1) is 20.7. The molecule has 4 rings (SSSR count). The van der Waals surface area contributed by atoms with Crippen LogP contribution < -0.4 is 11.1 Å². The molecule has 32 heavy (non-hydrogen) atoms. The van der Waals surface area contributed by atoms with Gasteiger partial charge in [-0.15, -0.1) is 0 Å². The predicted molar refractivity (Wildman–Crippen MR) is 118 cm³/mol. The number of fused-ring (bicyclic) bond motifs is 1. The Bertz CT molecular complexity index is 1420. The maximum atomic E-state index is 13.0. The van der Waals surface area contributed by atoms with Crippen LogP contribution in [0.25, 0.3) is 10.9 Å². The lowest BCUT2D eigenvalue weighted by Gasteiger charge is -2.09. The Morgan fingerprint density at radius 3 is 2.66 bits per heavy atom. The second-order valence-electron chi connectivity index (χ2n) is 7.22. The van der Waals surface area contributed by atoms with Crippen molar-refractivity contribution in [3.63, 3.8) is 0 Å². The molecule has 0 aliphatic heterocycles. The molecule has 0 unspecified atom stereocenters. The number of amides is 2. The van der Waals surface area contributed by atoms with Crippen molar-refractivity contribution in [2.45, 2.75) is 20.4 Å². The van der Waals surface area contributed by atoms with Gasteiger partial charge in [-0.2, -0.15) is 10.4 Å². The van der Waals surface area contributed by atoms with E-state index in [9.17, 15) is 9.59 Å². The predicted octanol–water partition coefficient (Wildman–Crippen LogP) is 2.71. The van der Waals surface area contributed by atoms with Gasteiger partial charge in [0.05, 0.1) is 40.4 Å². The van der Waals surface area contributed by atoms with Crippen LogP contribution in [0, 0.1) is 25.2 Å². The molecule has 158 valence electrons. The third-order valence-electron chi connectivity index (χ3n) is 5.07. The summed E-state index contributed by atoms with van der Waals surface area (Å²) < 4.78 is 1.71. The topological polar surface area (TPSA) is 140 Å². The number of nitrogens with one attached hydrogen (secondary N) is 1. The average Bonchev–Trinajstić information content (AvgIpc) is 3.05. The molecule has 2 amide bonds. The summed E-state index contributed by atoms with van der Waals surface area (Å²) in [4.78, 5) is 33.5. The second kappa shape index (κ2) is 8.28. The summed E-state index contributed by atoms with van der Waals surface area (Å²) >= 11 is 0. The zero-order valence-corrected chi connectivity index (χ0v) is 17.5. The van der Waals surface area contributed by atoms with Crippen molar-refractivity contribution in [1.29, 1.82) is 5.26 Å². The third-order valence-corrected chi connectivity index (χ3v) is 5.07. The summed E-state index contributed by atoms with van der Waals surface area (Å²) in [6, 6.07) is 15.6. The Labute approximate surface area is 183 Å². The van der Waals surface area contributed by atoms with E-state index in [-0.39, 0.29) is 11.3 Å². The van der Waals surface area contributed by atoms with Crippen LogP contribution in [0.15, 0.2) is 48.5 Å². The molecule has 0 atom stereocenters. The minimum absolute atomic E-state index is 0.0763. The number of carbonyl (C=O) groups excluding carboxylic acids is 2. The first-order chi connectivity index (χ1) is 15.4. The van der Waals surface area contributed by atoms with Crippen molar-refractivity contribution in [3.8, 4) is 6.07 Å². The molecule has 0 saturated heterocycles. The Morgan fingerprint density at radius 1 is 1.12 bits per heavy atom. The van der Waals surface area contributed by atoms with E-state index in [2.05, 4.69) is 20.4 Å². The van der Waals surface area contributed by atoms with E-state index in [4.69, 9.17) is 11.0 Å². The second-order valence-corrected chi connectivity index (χ2v) is 7.22. The van der Waals surface area contributed by atoms with E-state index in [1.807, 2.05) is 13.0 Å². The molecule has 3 aromatic heterocycles. The highest BCUT2D eigenvalue weighted by Crippen LogP contribution is 2.23. The van der Waals surface area contributed by atoms with Gasteiger partial charge in [0.15, 0.2) is 0 Å². The molecule has 3 N–H and O–H groups in total. The monoisotopic (exact) mass is 425 g/mol. The lowest BCUT2D eigenvalue weighted by Crippen LogP contribution is -2.18. The number of primary amides is 1. The van der Waals surface area contributed by atoms with Gasteiger partial charge in [0, 0.05) is 5.39 Å². The Hall–Kier alpha value is -4.58. The lowest BCUT2D eigenvalue weighted by atomic mass is 10.1. The normalized spacial score (nSPS) is 10.7. The van der Waals surface area contributed by atoms with E-state index < -0.39 is 11.8 Å². The van der Waals surface area contributed by atoms with Crippen molar-refractivity contribution >= 4 is 28.4 Å². The van der Waals surface area contributed by atoms with Crippen LogP contribution in [0.2, 0.25) is 0 Å². The molecule has 9 nitrogen and oxygen atoms in total. The standard InChI is InChI=1S/C23H19N7O2/c1-13-21(14(2)30(29-13)12-16-7-5-6-15(11-24)26-16)28-23(32)20-10-18(22(25)31)17-8-3-4-9-19(17)27-20/h3-10H,12H2,1-2H3,(H2,25,31)(H,28,32). The number of aromatic nitrogens is 4. The van der Waals surface area contributed by atoms with E-state index in [1.54, 1.807) is 54.1 Å². The van der Waals surface area contributed by atoms with Crippen molar-refractivity contribution in [2.75, 3.05) is 5.32 Å². The van der Waals surface area contributed by atoms with Crippen LogP contribution in [0.3, 0.4) is 0 Å². The van der Waals surface area contributed by atoms with Gasteiger partial charge in [-0.25, -0.2) is 9.97 Å². The number of aryl methyl sites for hydroxylation is 1. The summed E-state index contributed by atoms with van der Waals surface area (Å²) in [6.45, 7) is 3.95. The number of hydrogen-bond donors (Lipinski definition) is 2. The molecule has 1 aromatic carbocycles. The summed E-state index contributed by atoms with van der Waals surface area (Å²) in [5, 5.41) is 17.0. The zero-order chi connectivity index (χ0) is 22.8. The molecule has 3 heterocycles. The molecule has 0 spiro atoms. The van der Waals surface area contributed by atoms with Crippen molar-refractivity contribution in [2.24, 2.45) is 5.73 Å². The number of hydrogen-bond acceptors (Lipinski definition) is 6. The fourth-order valence-corrected chi connectivity index (χ4v) is 3.49. The summed E-state index contributed by atoms with van der Waals surface area (Å²) in [5.74, 6) is -1.11. The number of rotatable bonds is 5. The maximum absolute atomic E-state index is 13.0.